The Balaban J connectivity index is 2.08. The molecule has 2 aromatic carbocycles. The van der Waals surface area contributed by atoms with Crippen LogP contribution in [0.4, 0.5) is 5.69 Å². The molecule has 0 aromatic heterocycles. The van der Waals surface area contributed by atoms with Crippen molar-refractivity contribution in [2.45, 2.75) is 45.0 Å². The zero-order chi connectivity index (χ0) is 23.5. The van der Waals surface area contributed by atoms with Crippen LogP contribution in [0.25, 0.3) is 0 Å². The molecule has 0 bridgehead atoms. The van der Waals surface area contributed by atoms with Gasteiger partial charge in [-0.3, -0.25) is 19.7 Å². The standard InChI is InChI=1S/C23H28ClN3O4S/c1-3-13-25-23(29)21(4-2)26(14-17-5-9-19(24)10-6-17)22(28)16-32-15-18-7-11-20(12-8-18)27(30)31/h5-12,21H,3-4,13-16H2,1-2H3,(H,25,29)/t21-/m0/s1. The van der Waals surface area contributed by atoms with E-state index in [0.29, 0.717) is 30.3 Å². The van der Waals surface area contributed by atoms with Gasteiger partial charge in [-0.25, -0.2) is 0 Å². The van der Waals surface area contributed by atoms with Gasteiger partial charge >= 0.3 is 0 Å². The Morgan fingerprint density at radius 1 is 1.09 bits per heavy atom. The first kappa shape index (κ1) is 25.7. The molecule has 1 atom stereocenters. The third-order valence-corrected chi connectivity index (χ3v) is 6.08. The van der Waals surface area contributed by atoms with Gasteiger partial charge in [0.1, 0.15) is 6.04 Å². The molecule has 0 heterocycles. The molecular formula is C23H28ClN3O4S. The number of rotatable bonds is 12. The Labute approximate surface area is 197 Å². The molecule has 7 nitrogen and oxygen atoms in total. The summed E-state index contributed by atoms with van der Waals surface area (Å²) in [6.45, 7) is 4.74. The van der Waals surface area contributed by atoms with Crippen molar-refractivity contribution >= 4 is 40.9 Å². The summed E-state index contributed by atoms with van der Waals surface area (Å²) in [7, 11) is 0. The molecule has 0 aliphatic carbocycles. The first-order valence-corrected chi connectivity index (χ1v) is 12.0. The van der Waals surface area contributed by atoms with Crippen LogP contribution in [-0.2, 0) is 21.9 Å². The van der Waals surface area contributed by atoms with Crippen LogP contribution in [0.15, 0.2) is 48.5 Å². The van der Waals surface area contributed by atoms with E-state index in [4.69, 9.17) is 11.6 Å². The number of hydrogen-bond acceptors (Lipinski definition) is 5. The second kappa shape index (κ2) is 13.1. The van der Waals surface area contributed by atoms with Gasteiger partial charge in [-0.2, -0.15) is 0 Å². The topological polar surface area (TPSA) is 92.6 Å². The zero-order valence-electron chi connectivity index (χ0n) is 18.3. The van der Waals surface area contributed by atoms with Gasteiger partial charge in [0.05, 0.1) is 10.7 Å². The number of carbonyl (C=O) groups excluding carboxylic acids is 2. The van der Waals surface area contributed by atoms with Crippen molar-refractivity contribution in [3.63, 3.8) is 0 Å². The summed E-state index contributed by atoms with van der Waals surface area (Å²) in [5, 5.41) is 14.3. The second-order valence-electron chi connectivity index (χ2n) is 7.28. The monoisotopic (exact) mass is 477 g/mol. The Kier molecular flexibility index (Phi) is 10.5. The molecule has 1 N–H and O–H groups in total. The van der Waals surface area contributed by atoms with Gasteiger partial charge in [-0.1, -0.05) is 49.7 Å². The number of nitro groups is 1. The summed E-state index contributed by atoms with van der Waals surface area (Å²) in [4.78, 5) is 37.8. The van der Waals surface area contributed by atoms with Gasteiger partial charge in [0, 0.05) is 36.0 Å². The van der Waals surface area contributed by atoms with Crippen molar-refractivity contribution in [3.8, 4) is 0 Å². The highest BCUT2D eigenvalue weighted by molar-refractivity contribution is 7.99. The predicted octanol–water partition coefficient (Wildman–Crippen LogP) is 4.82. The SMILES string of the molecule is CCCNC(=O)[C@H](CC)N(Cc1ccc(Cl)cc1)C(=O)CSCc1ccc([N+](=O)[O-])cc1. The van der Waals surface area contributed by atoms with Gasteiger partial charge < -0.3 is 10.2 Å². The van der Waals surface area contributed by atoms with Crippen LogP contribution >= 0.6 is 23.4 Å². The molecule has 0 unspecified atom stereocenters. The maximum absolute atomic E-state index is 13.1. The maximum Gasteiger partial charge on any atom is 0.269 e. The number of non-ortho nitro benzene ring substituents is 1. The van der Waals surface area contributed by atoms with E-state index in [1.54, 1.807) is 29.2 Å². The fourth-order valence-corrected chi connectivity index (χ4v) is 4.12. The van der Waals surface area contributed by atoms with Crippen molar-refractivity contribution in [1.29, 1.82) is 0 Å². The predicted molar refractivity (Wildman–Crippen MR) is 129 cm³/mol. The highest BCUT2D eigenvalue weighted by Crippen LogP contribution is 2.20. The van der Waals surface area contributed by atoms with Crippen LogP contribution in [0.2, 0.25) is 5.02 Å². The summed E-state index contributed by atoms with van der Waals surface area (Å²) in [6.07, 6.45) is 1.32. The summed E-state index contributed by atoms with van der Waals surface area (Å²) >= 11 is 7.39. The van der Waals surface area contributed by atoms with Crippen LogP contribution in [0.1, 0.15) is 37.8 Å². The normalized spacial score (nSPS) is 11.6. The van der Waals surface area contributed by atoms with Gasteiger partial charge in [-0.15, -0.1) is 11.8 Å². The smallest absolute Gasteiger partial charge is 0.269 e. The fourth-order valence-electron chi connectivity index (χ4n) is 3.13. The number of amides is 2. The molecule has 0 aliphatic heterocycles. The van der Waals surface area contributed by atoms with Crippen LogP contribution in [-0.4, -0.2) is 40.0 Å². The quantitative estimate of drug-likeness (QED) is 0.349. The lowest BCUT2D eigenvalue weighted by atomic mass is 10.1. The van der Waals surface area contributed by atoms with Crippen molar-refractivity contribution in [1.82, 2.24) is 10.2 Å². The Morgan fingerprint density at radius 3 is 2.28 bits per heavy atom. The number of hydrogen-bond donors (Lipinski definition) is 1. The van der Waals surface area contributed by atoms with Crippen molar-refractivity contribution < 1.29 is 14.5 Å². The number of thioether (sulfide) groups is 1. The van der Waals surface area contributed by atoms with E-state index in [9.17, 15) is 19.7 Å². The largest absolute Gasteiger partial charge is 0.354 e. The summed E-state index contributed by atoms with van der Waals surface area (Å²) < 4.78 is 0. The first-order chi connectivity index (χ1) is 15.3. The highest BCUT2D eigenvalue weighted by atomic mass is 35.5. The first-order valence-electron chi connectivity index (χ1n) is 10.5. The van der Waals surface area contributed by atoms with Gasteiger partial charge in [0.25, 0.3) is 5.69 Å². The molecule has 0 aliphatic rings. The van der Waals surface area contributed by atoms with Crippen LogP contribution in [0, 0.1) is 10.1 Å². The molecule has 9 heteroatoms. The van der Waals surface area contributed by atoms with Crippen molar-refractivity contribution in [3.05, 3.63) is 74.8 Å². The Hall–Kier alpha value is -2.58. The molecular weight excluding hydrogens is 450 g/mol. The lowest BCUT2D eigenvalue weighted by Gasteiger charge is -2.30. The van der Waals surface area contributed by atoms with E-state index in [-0.39, 0.29) is 23.3 Å². The zero-order valence-corrected chi connectivity index (χ0v) is 19.8. The number of carbonyl (C=O) groups is 2. The lowest BCUT2D eigenvalue weighted by molar-refractivity contribution is -0.384. The molecule has 0 saturated carbocycles. The minimum absolute atomic E-state index is 0.0350. The number of nitrogens with zero attached hydrogens (tertiary/aromatic N) is 2. The highest BCUT2D eigenvalue weighted by Gasteiger charge is 2.28. The maximum atomic E-state index is 13.1. The molecule has 0 saturated heterocycles. The molecule has 0 fully saturated rings. The lowest BCUT2D eigenvalue weighted by Crippen LogP contribution is -2.49. The van der Waals surface area contributed by atoms with Crippen molar-refractivity contribution in [2.75, 3.05) is 12.3 Å². The van der Waals surface area contributed by atoms with Crippen molar-refractivity contribution in [2.24, 2.45) is 0 Å². The van der Waals surface area contributed by atoms with E-state index in [0.717, 1.165) is 17.5 Å². The minimum atomic E-state index is -0.565. The third-order valence-electron chi connectivity index (χ3n) is 4.84. The Morgan fingerprint density at radius 2 is 1.72 bits per heavy atom. The molecule has 32 heavy (non-hydrogen) atoms. The molecule has 0 spiro atoms. The van der Waals surface area contributed by atoms with Gasteiger partial charge in [0.2, 0.25) is 11.8 Å². The average molecular weight is 478 g/mol. The third kappa shape index (κ3) is 7.84. The fraction of sp³-hybridized carbons (Fsp3) is 0.391. The van der Waals surface area contributed by atoms with E-state index >= 15 is 0 Å². The summed E-state index contributed by atoms with van der Waals surface area (Å²) in [5.41, 5.74) is 1.82. The number of benzene rings is 2. The molecule has 2 aromatic rings. The summed E-state index contributed by atoms with van der Waals surface area (Å²) in [6, 6.07) is 13.0. The number of nitrogens with one attached hydrogen (secondary N) is 1. The molecule has 0 radical (unpaired) electrons. The van der Waals surface area contributed by atoms with Gasteiger partial charge in [-0.05, 0) is 36.1 Å². The van der Waals surface area contributed by atoms with Crippen LogP contribution in [0.5, 0.6) is 0 Å². The molecule has 2 amide bonds. The summed E-state index contributed by atoms with van der Waals surface area (Å²) in [5.74, 6) is 0.446. The Bertz CT molecular complexity index is 906. The van der Waals surface area contributed by atoms with E-state index in [2.05, 4.69) is 5.32 Å². The molecule has 172 valence electrons. The van der Waals surface area contributed by atoms with E-state index in [1.165, 1.54) is 23.9 Å². The number of nitro benzene ring substituents is 1. The minimum Gasteiger partial charge on any atom is -0.354 e. The second-order valence-corrected chi connectivity index (χ2v) is 8.70. The number of halogens is 1. The molecule has 2 rings (SSSR count). The van der Waals surface area contributed by atoms with E-state index in [1.807, 2.05) is 26.0 Å². The van der Waals surface area contributed by atoms with E-state index < -0.39 is 11.0 Å². The average Bonchev–Trinajstić information content (AvgIpc) is 2.79. The van der Waals surface area contributed by atoms with Gasteiger partial charge in [0.15, 0.2) is 0 Å². The van der Waals surface area contributed by atoms with Crippen LogP contribution in [0.3, 0.4) is 0 Å². The van der Waals surface area contributed by atoms with Crippen LogP contribution < -0.4 is 5.32 Å².